The minimum absolute atomic E-state index is 0.0309. The van der Waals surface area contributed by atoms with Crippen LogP contribution in [-0.2, 0) is 30.3 Å². The van der Waals surface area contributed by atoms with E-state index in [4.69, 9.17) is 4.74 Å². The Hall–Kier alpha value is -3.92. The summed E-state index contributed by atoms with van der Waals surface area (Å²) in [6.07, 6.45) is -15.1. The molecule has 0 aromatic heterocycles. The van der Waals surface area contributed by atoms with Crippen LogP contribution >= 0.6 is 0 Å². The van der Waals surface area contributed by atoms with Gasteiger partial charge in [0, 0.05) is 5.56 Å². The number of hydrogen-bond acceptors (Lipinski definition) is 10. The lowest BCUT2D eigenvalue weighted by Gasteiger charge is -2.29. The van der Waals surface area contributed by atoms with Gasteiger partial charge in [-0.15, -0.1) is 23.3 Å². The lowest BCUT2D eigenvalue weighted by Crippen LogP contribution is -2.41. The van der Waals surface area contributed by atoms with Gasteiger partial charge >= 0.3 is 24.7 Å². The molecule has 1 heterocycles. The fraction of sp³-hybridized carbons (Fsp3) is 0.474. The third-order valence-electron chi connectivity index (χ3n) is 4.21. The van der Waals surface area contributed by atoms with Crippen molar-refractivity contribution in [3.63, 3.8) is 0 Å². The second kappa shape index (κ2) is 11.2. The largest absolute Gasteiger partial charge is 0.573 e. The fourth-order valence-electron chi connectivity index (χ4n) is 2.84. The number of benzene rings is 1. The predicted molar refractivity (Wildman–Crippen MR) is 102 cm³/mol. The number of halogens is 6. The molecule has 2 atom stereocenters. The van der Waals surface area contributed by atoms with Gasteiger partial charge in [0.1, 0.15) is 24.2 Å². The zero-order chi connectivity index (χ0) is 27.3. The first-order chi connectivity index (χ1) is 16.6. The molecule has 0 spiro atoms. The van der Waals surface area contributed by atoms with E-state index in [1.807, 2.05) is 0 Å². The van der Waals surface area contributed by atoms with Crippen molar-refractivity contribution >= 4 is 18.2 Å². The van der Waals surface area contributed by atoms with Crippen molar-refractivity contribution in [3.05, 3.63) is 38.9 Å². The van der Waals surface area contributed by atoms with Crippen molar-refractivity contribution in [2.24, 2.45) is 0 Å². The maximum absolute atomic E-state index is 13.6. The Kier molecular flexibility index (Phi) is 8.82. The van der Waals surface area contributed by atoms with Crippen LogP contribution in [0.15, 0.2) is 17.7 Å². The quantitative estimate of drug-likeness (QED) is 0.150. The first-order valence-electron chi connectivity index (χ1n) is 9.76. The highest BCUT2D eigenvalue weighted by molar-refractivity contribution is 5.96. The topological polar surface area (TPSA) is 133 Å². The van der Waals surface area contributed by atoms with Crippen LogP contribution in [0.1, 0.15) is 25.0 Å². The summed E-state index contributed by atoms with van der Waals surface area (Å²) in [6.45, 7) is 0.763. The summed E-state index contributed by atoms with van der Waals surface area (Å²) in [7, 11) is 0. The molecule has 0 saturated carbocycles. The summed E-state index contributed by atoms with van der Waals surface area (Å²) >= 11 is 0. The average molecular weight is 533 g/mol. The molecule has 11 nitrogen and oxygen atoms in total. The number of alkyl halides is 6. The Morgan fingerprint density at radius 3 is 2.36 bits per heavy atom. The maximum atomic E-state index is 13.6. The Labute approximate surface area is 197 Å². The van der Waals surface area contributed by atoms with E-state index < -0.39 is 72.4 Å². The van der Waals surface area contributed by atoms with Crippen LogP contribution in [0.3, 0.4) is 0 Å². The molecule has 0 saturated heterocycles. The first-order valence-corrected chi connectivity index (χ1v) is 9.76. The monoisotopic (exact) mass is 533 g/mol. The van der Waals surface area contributed by atoms with E-state index in [-0.39, 0.29) is 17.5 Å². The minimum Gasteiger partial charge on any atom is -0.475 e. The van der Waals surface area contributed by atoms with Gasteiger partial charge in [-0.3, -0.25) is 0 Å². The second-order valence-corrected chi connectivity index (χ2v) is 6.94. The first kappa shape index (κ1) is 28.3. The van der Waals surface area contributed by atoms with Crippen LogP contribution in [0.2, 0.25) is 0 Å². The van der Waals surface area contributed by atoms with Crippen molar-refractivity contribution in [3.8, 4) is 11.5 Å². The van der Waals surface area contributed by atoms with Crippen LogP contribution in [0.5, 0.6) is 11.5 Å². The van der Waals surface area contributed by atoms with E-state index in [2.05, 4.69) is 23.8 Å². The molecule has 2 rings (SSSR count). The fourth-order valence-corrected chi connectivity index (χ4v) is 2.84. The predicted octanol–water partition coefficient (Wildman–Crippen LogP) is 4.11. The Balaban J connectivity index is 2.18. The molecule has 0 N–H and O–H groups in total. The molecular weight excluding hydrogens is 516 g/mol. The summed E-state index contributed by atoms with van der Waals surface area (Å²) < 4.78 is 101. The number of fused-ring (bicyclic) bond motifs is 1. The van der Waals surface area contributed by atoms with Gasteiger partial charge in [0.2, 0.25) is 12.9 Å². The standard InChI is InChI=1S/C19H17F6NO10/c1-3-10-4-12(35-19(23,24)25)5-11-6-13(15(18(20,21)22)34-14(10)11)16(27)32-8-33-17(28)31-7-9(2)36-26(29)30/h4-6,9,15H,3,7-8H2,1-2H3/t9-,15?/m0/s1. The summed E-state index contributed by atoms with van der Waals surface area (Å²) in [4.78, 5) is 37.9. The maximum Gasteiger partial charge on any atom is 0.573 e. The molecule has 1 aliphatic heterocycles. The molecule has 36 heavy (non-hydrogen) atoms. The third-order valence-corrected chi connectivity index (χ3v) is 4.21. The van der Waals surface area contributed by atoms with Crippen LogP contribution in [0, 0.1) is 10.1 Å². The van der Waals surface area contributed by atoms with Crippen molar-refractivity contribution in [2.45, 2.75) is 45.0 Å². The molecule has 200 valence electrons. The highest BCUT2D eigenvalue weighted by Gasteiger charge is 2.49. The number of hydrogen-bond donors (Lipinski definition) is 0. The lowest BCUT2D eigenvalue weighted by atomic mass is 9.97. The van der Waals surface area contributed by atoms with Crippen LogP contribution in [0.25, 0.3) is 6.08 Å². The molecule has 17 heteroatoms. The number of aryl methyl sites for hydroxylation is 1. The molecule has 1 aromatic carbocycles. The van der Waals surface area contributed by atoms with E-state index in [0.29, 0.717) is 6.08 Å². The van der Waals surface area contributed by atoms with Gasteiger partial charge in [0.25, 0.3) is 5.09 Å². The molecule has 0 aliphatic carbocycles. The highest BCUT2D eigenvalue weighted by atomic mass is 19.4. The lowest BCUT2D eigenvalue weighted by molar-refractivity contribution is -0.767. The van der Waals surface area contributed by atoms with E-state index in [1.165, 1.54) is 13.8 Å². The van der Waals surface area contributed by atoms with Gasteiger partial charge in [-0.1, -0.05) is 6.92 Å². The van der Waals surface area contributed by atoms with Crippen molar-refractivity contribution in [2.75, 3.05) is 13.4 Å². The van der Waals surface area contributed by atoms with E-state index in [0.717, 1.165) is 12.1 Å². The van der Waals surface area contributed by atoms with Gasteiger partial charge in [-0.05, 0) is 37.1 Å². The molecule has 0 radical (unpaired) electrons. The van der Waals surface area contributed by atoms with Crippen molar-refractivity contribution in [1.82, 2.24) is 0 Å². The number of nitrogens with zero attached hydrogens (tertiary/aromatic N) is 1. The van der Waals surface area contributed by atoms with E-state index >= 15 is 0 Å². The average Bonchev–Trinajstić information content (AvgIpc) is 2.73. The Bertz CT molecular complexity index is 1020. The summed E-state index contributed by atoms with van der Waals surface area (Å²) in [5, 5.41) is 9.00. The van der Waals surface area contributed by atoms with E-state index in [1.54, 1.807) is 0 Å². The summed E-state index contributed by atoms with van der Waals surface area (Å²) in [5.74, 6) is -2.82. The van der Waals surface area contributed by atoms with Gasteiger partial charge < -0.3 is 28.5 Å². The van der Waals surface area contributed by atoms with Gasteiger partial charge in [0.05, 0.1) is 5.57 Å². The number of ether oxygens (including phenoxy) is 5. The molecule has 1 aromatic rings. The van der Waals surface area contributed by atoms with Crippen molar-refractivity contribution in [1.29, 1.82) is 0 Å². The van der Waals surface area contributed by atoms with E-state index in [9.17, 15) is 46.0 Å². The Morgan fingerprint density at radius 1 is 1.14 bits per heavy atom. The molecule has 0 amide bonds. The summed E-state index contributed by atoms with van der Waals surface area (Å²) in [5.41, 5.74) is -1.52. The number of esters is 1. The highest BCUT2D eigenvalue weighted by Crippen LogP contribution is 2.42. The zero-order valence-corrected chi connectivity index (χ0v) is 18.3. The SMILES string of the molecule is CCc1cc(OC(F)(F)F)cc2c1OC(C(F)(F)F)C(C(=O)OCOC(=O)OC[C@H](C)O[N+](=O)[O-])=C2. The molecule has 0 fully saturated rings. The van der Waals surface area contributed by atoms with Gasteiger partial charge in [-0.25, -0.2) is 9.59 Å². The molecule has 0 bridgehead atoms. The second-order valence-electron chi connectivity index (χ2n) is 6.94. The van der Waals surface area contributed by atoms with Crippen LogP contribution < -0.4 is 9.47 Å². The van der Waals surface area contributed by atoms with Gasteiger partial charge in [-0.2, -0.15) is 13.2 Å². The molecule has 1 aliphatic rings. The van der Waals surface area contributed by atoms with Crippen LogP contribution in [0.4, 0.5) is 31.1 Å². The van der Waals surface area contributed by atoms with Gasteiger partial charge in [0.15, 0.2) is 0 Å². The normalized spacial score (nSPS) is 16.0. The van der Waals surface area contributed by atoms with Crippen molar-refractivity contribution < 1.29 is 69.5 Å². The molecule has 1 unspecified atom stereocenters. The third kappa shape index (κ3) is 8.09. The number of carbonyl (C=O) groups excluding carboxylic acids is 2. The minimum atomic E-state index is -5.14. The number of rotatable bonds is 9. The Morgan fingerprint density at radius 2 is 1.81 bits per heavy atom. The molecular formula is C19H17F6NO10. The smallest absolute Gasteiger partial charge is 0.475 e. The van der Waals surface area contributed by atoms with Crippen LogP contribution in [-0.4, -0.2) is 55.4 Å². The zero-order valence-electron chi connectivity index (χ0n) is 18.3. The summed E-state index contributed by atoms with van der Waals surface area (Å²) in [6, 6.07) is 1.58. The number of carbonyl (C=O) groups is 2.